The molecule has 0 spiro atoms. The Morgan fingerprint density at radius 1 is 1.04 bits per heavy atom. The summed E-state index contributed by atoms with van der Waals surface area (Å²) >= 11 is 0. The summed E-state index contributed by atoms with van der Waals surface area (Å²) in [6.07, 6.45) is 0. The molecule has 0 fully saturated rings. The van der Waals surface area contributed by atoms with Crippen LogP contribution < -0.4 is 0 Å². The fraction of sp³-hybridized carbons (Fsp3) is 0.278. The third-order valence-electron chi connectivity index (χ3n) is 3.32. The topological polar surface area (TPSA) is 59.0 Å². The maximum absolute atomic E-state index is 12.5. The Hall–Kier alpha value is -1.89. The van der Waals surface area contributed by atoms with Crippen molar-refractivity contribution in [2.24, 2.45) is 4.40 Å². The average Bonchev–Trinajstić information content (AvgIpc) is 2.55. The third-order valence-corrected chi connectivity index (χ3v) is 4.59. The van der Waals surface area contributed by atoms with Gasteiger partial charge in [-0.1, -0.05) is 35.9 Å². The maximum atomic E-state index is 12.5. The van der Waals surface area contributed by atoms with E-state index < -0.39 is 10.0 Å². The van der Waals surface area contributed by atoms with Crippen LogP contribution >= 0.6 is 12.4 Å². The molecular weight excluding hydrogens is 360 g/mol. The summed E-state index contributed by atoms with van der Waals surface area (Å²) in [6, 6.07) is 15.6. The standard InChI is InChI=1S/C18H22N2O3S.ClH/c1-15-9-11-17(12-10-15)24(21,22)19-18(23-14-13-20(2)3)16-7-5-4-6-8-16;/h4-12H,13-14H2,1-3H3;1H. The van der Waals surface area contributed by atoms with Crippen LogP contribution in [-0.2, 0) is 14.8 Å². The van der Waals surface area contributed by atoms with Crippen molar-refractivity contribution in [3.63, 3.8) is 0 Å². The van der Waals surface area contributed by atoms with Crippen molar-refractivity contribution >= 4 is 28.3 Å². The molecule has 0 unspecified atom stereocenters. The van der Waals surface area contributed by atoms with Crippen molar-refractivity contribution in [1.82, 2.24) is 4.90 Å². The highest BCUT2D eigenvalue weighted by molar-refractivity contribution is 7.90. The fourth-order valence-corrected chi connectivity index (χ4v) is 2.90. The van der Waals surface area contributed by atoms with E-state index in [9.17, 15) is 8.42 Å². The van der Waals surface area contributed by atoms with Crippen molar-refractivity contribution in [3.8, 4) is 0 Å². The van der Waals surface area contributed by atoms with Crippen molar-refractivity contribution in [1.29, 1.82) is 0 Å². The third kappa shape index (κ3) is 6.49. The van der Waals surface area contributed by atoms with Gasteiger partial charge in [0.25, 0.3) is 10.0 Å². The number of sulfonamides is 1. The molecule has 0 N–H and O–H groups in total. The Bertz CT molecular complexity index is 789. The number of likely N-dealkylation sites (N-methyl/N-ethyl adjacent to an activating group) is 1. The fourth-order valence-electron chi connectivity index (χ4n) is 1.94. The molecule has 7 heteroatoms. The number of benzene rings is 2. The largest absolute Gasteiger partial charge is 0.475 e. The van der Waals surface area contributed by atoms with Crippen LogP contribution in [0.4, 0.5) is 0 Å². The Kier molecular flexibility index (Phi) is 8.09. The van der Waals surface area contributed by atoms with E-state index in [2.05, 4.69) is 4.40 Å². The molecule has 0 aliphatic carbocycles. The Morgan fingerprint density at radius 3 is 2.20 bits per heavy atom. The molecule has 0 heterocycles. The maximum Gasteiger partial charge on any atom is 0.285 e. The molecule has 0 aliphatic heterocycles. The van der Waals surface area contributed by atoms with Crippen LogP contribution in [0, 0.1) is 6.92 Å². The molecule has 0 aromatic heterocycles. The minimum absolute atomic E-state index is 0. The highest BCUT2D eigenvalue weighted by Gasteiger charge is 2.16. The summed E-state index contributed by atoms with van der Waals surface area (Å²) in [5.74, 6) is 0.109. The highest BCUT2D eigenvalue weighted by atomic mass is 35.5. The second-order valence-electron chi connectivity index (χ2n) is 5.70. The van der Waals surface area contributed by atoms with Gasteiger partial charge >= 0.3 is 0 Å². The Labute approximate surface area is 155 Å². The molecule has 0 aliphatic rings. The van der Waals surface area contributed by atoms with Crippen molar-refractivity contribution < 1.29 is 13.2 Å². The molecule has 2 aromatic carbocycles. The zero-order chi connectivity index (χ0) is 17.6. The lowest BCUT2D eigenvalue weighted by Crippen LogP contribution is -2.21. The number of hydrogen-bond donors (Lipinski definition) is 0. The molecule has 0 saturated carbocycles. The first-order valence-corrected chi connectivity index (χ1v) is 9.07. The number of nitrogens with zero attached hydrogens (tertiary/aromatic N) is 2. The van der Waals surface area contributed by atoms with Crippen LogP contribution in [0.25, 0.3) is 0 Å². The minimum Gasteiger partial charge on any atom is -0.475 e. The first kappa shape index (κ1) is 21.2. The van der Waals surface area contributed by atoms with Gasteiger partial charge in [-0.3, -0.25) is 0 Å². The van der Waals surface area contributed by atoms with Crippen LogP contribution in [-0.4, -0.2) is 46.5 Å². The predicted octanol–water partition coefficient (Wildman–Crippen LogP) is 3.13. The van der Waals surface area contributed by atoms with E-state index in [1.54, 1.807) is 36.4 Å². The Morgan fingerprint density at radius 2 is 1.64 bits per heavy atom. The predicted molar refractivity (Wildman–Crippen MR) is 103 cm³/mol. The number of ether oxygens (including phenoxy) is 1. The van der Waals surface area contributed by atoms with Gasteiger partial charge in [-0.2, -0.15) is 8.42 Å². The van der Waals surface area contributed by atoms with Gasteiger partial charge in [0, 0.05) is 12.1 Å². The summed E-state index contributed by atoms with van der Waals surface area (Å²) in [4.78, 5) is 2.11. The van der Waals surface area contributed by atoms with E-state index in [0.717, 1.165) is 5.56 Å². The van der Waals surface area contributed by atoms with Crippen molar-refractivity contribution in [2.75, 3.05) is 27.2 Å². The van der Waals surface area contributed by atoms with E-state index in [1.807, 2.05) is 44.1 Å². The smallest absolute Gasteiger partial charge is 0.285 e. The van der Waals surface area contributed by atoms with Crippen LogP contribution in [0.15, 0.2) is 63.9 Å². The summed E-state index contributed by atoms with van der Waals surface area (Å²) in [5.41, 5.74) is 1.62. The molecule has 0 bridgehead atoms. The van der Waals surface area contributed by atoms with Gasteiger partial charge in [-0.05, 0) is 45.3 Å². The van der Waals surface area contributed by atoms with Crippen LogP contribution in [0.3, 0.4) is 0 Å². The molecule has 0 radical (unpaired) electrons. The molecule has 2 rings (SSSR count). The lowest BCUT2D eigenvalue weighted by atomic mass is 10.2. The molecular formula is C18H23ClN2O3S. The van der Waals surface area contributed by atoms with Gasteiger partial charge < -0.3 is 9.64 Å². The zero-order valence-electron chi connectivity index (χ0n) is 14.5. The first-order valence-electron chi connectivity index (χ1n) is 7.63. The molecule has 0 saturated heterocycles. The van der Waals surface area contributed by atoms with Gasteiger partial charge in [0.05, 0.1) is 4.90 Å². The van der Waals surface area contributed by atoms with E-state index >= 15 is 0 Å². The number of aryl methyl sites for hydroxylation is 1. The molecule has 136 valence electrons. The molecule has 2 aromatic rings. The number of halogens is 1. The zero-order valence-corrected chi connectivity index (χ0v) is 16.2. The SMILES string of the molecule is Cc1ccc(S(=O)(=O)N=C(OCCN(C)C)c2ccccc2)cc1.Cl. The molecule has 0 amide bonds. The van der Waals surface area contributed by atoms with E-state index in [4.69, 9.17) is 4.74 Å². The van der Waals surface area contributed by atoms with E-state index in [-0.39, 0.29) is 23.2 Å². The summed E-state index contributed by atoms with van der Waals surface area (Å²) in [7, 11) is 0.0190. The Balaban J connectivity index is 0.00000312. The van der Waals surface area contributed by atoms with Crippen LogP contribution in [0.1, 0.15) is 11.1 Å². The highest BCUT2D eigenvalue weighted by Crippen LogP contribution is 2.15. The summed E-state index contributed by atoms with van der Waals surface area (Å²) in [5, 5.41) is 0. The van der Waals surface area contributed by atoms with Gasteiger partial charge in [0.1, 0.15) is 6.61 Å². The lowest BCUT2D eigenvalue weighted by Gasteiger charge is -2.13. The first-order chi connectivity index (χ1) is 11.4. The minimum atomic E-state index is -3.83. The quantitative estimate of drug-likeness (QED) is 0.569. The van der Waals surface area contributed by atoms with Gasteiger partial charge in [-0.15, -0.1) is 16.8 Å². The average molecular weight is 383 g/mol. The normalized spacial score (nSPS) is 11.9. The monoisotopic (exact) mass is 382 g/mol. The number of rotatable bonds is 6. The van der Waals surface area contributed by atoms with E-state index in [0.29, 0.717) is 18.7 Å². The summed E-state index contributed by atoms with van der Waals surface area (Å²) < 4.78 is 34.7. The molecule has 0 atom stereocenters. The van der Waals surface area contributed by atoms with Crippen molar-refractivity contribution in [3.05, 3.63) is 65.7 Å². The lowest BCUT2D eigenvalue weighted by molar-refractivity contribution is 0.253. The second kappa shape index (κ2) is 9.56. The van der Waals surface area contributed by atoms with Crippen LogP contribution in [0.2, 0.25) is 0 Å². The molecule has 25 heavy (non-hydrogen) atoms. The summed E-state index contributed by atoms with van der Waals surface area (Å²) in [6.45, 7) is 2.92. The van der Waals surface area contributed by atoms with Gasteiger partial charge in [0.2, 0.25) is 5.90 Å². The van der Waals surface area contributed by atoms with Gasteiger partial charge in [0.15, 0.2) is 0 Å². The number of hydrogen-bond acceptors (Lipinski definition) is 4. The van der Waals surface area contributed by atoms with Crippen molar-refractivity contribution in [2.45, 2.75) is 11.8 Å². The van der Waals surface area contributed by atoms with Crippen LogP contribution in [0.5, 0.6) is 0 Å². The molecule has 5 nitrogen and oxygen atoms in total. The van der Waals surface area contributed by atoms with E-state index in [1.165, 1.54) is 0 Å². The second-order valence-corrected chi connectivity index (χ2v) is 7.31. The van der Waals surface area contributed by atoms with Gasteiger partial charge in [-0.25, -0.2) is 0 Å².